The monoisotopic (exact) mass is 860 g/mol. The summed E-state index contributed by atoms with van der Waals surface area (Å²) in [4.78, 5) is 118. The highest BCUT2D eigenvalue weighted by Crippen LogP contribution is 2.25. The van der Waals surface area contributed by atoms with Crippen molar-refractivity contribution in [1.29, 1.82) is 0 Å². The molecule has 0 saturated carbocycles. The summed E-state index contributed by atoms with van der Waals surface area (Å²) in [6.07, 6.45) is 2.08. The van der Waals surface area contributed by atoms with E-state index in [2.05, 4.69) is 38.8 Å². The SMILES string of the molecule is CCCCCCCC[C@@H]1NC(=O)[C@H](C[C@H](O)C(N)=O)NC(=O)[C@H](CO)NC(=O)[C@H](CC(C)C)NC(=O)[C@@H](N)CCCC(=O)OC(=O)[C@@H]2CSSC[C@H](NC1=O)C(=O)N2. The van der Waals surface area contributed by atoms with Gasteiger partial charge in [0.15, 0.2) is 0 Å². The van der Waals surface area contributed by atoms with Crippen LogP contribution in [0.25, 0.3) is 0 Å². The summed E-state index contributed by atoms with van der Waals surface area (Å²) >= 11 is 0. The zero-order chi connectivity index (χ0) is 43.4. The second-order valence-electron chi connectivity index (χ2n) is 14.8. The predicted octanol–water partition coefficient (Wildman–Crippen LogP) is -2.10. The van der Waals surface area contributed by atoms with E-state index in [0.29, 0.717) is 12.8 Å². The van der Waals surface area contributed by atoms with Crippen LogP contribution in [-0.2, 0) is 47.9 Å². The van der Waals surface area contributed by atoms with Gasteiger partial charge in [0.25, 0.3) is 0 Å². The Morgan fingerprint density at radius 2 is 1.24 bits per heavy atom. The van der Waals surface area contributed by atoms with Crippen LogP contribution in [0, 0.1) is 5.92 Å². The van der Waals surface area contributed by atoms with Crippen molar-refractivity contribution in [1.82, 2.24) is 31.9 Å². The van der Waals surface area contributed by atoms with Crippen LogP contribution in [0.4, 0.5) is 0 Å². The molecule has 328 valence electrons. The smallest absolute Gasteiger partial charge is 0.337 e. The molecular weight excluding hydrogens is 801 g/mol. The summed E-state index contributed by atoms with van der Waals surface area (Å²) in [5.74, 6) is -8.59. The number of ether oxygens (including phenoxy) is 1. The number of hydrogen-bond donors (Lipinski definition) is 10. The number of hydrogen-bond acceptors (Lipinski definition) is 15. The minimum Gasteiger partial charge on any atom is -0.394 e. The Morgan fingerprint density at radius 3 is 1.86 bits per heavy atom. The van der Waals surface area contributed by atoms with E-state index in [-0.39, 0.29) is 49.5 Å². The number of unbranched alkanes of at least 4 members (excludes halogenated alkanes) is 5. The average molecular weight is 861 g/mol. The van der Waals surface area contributed by atoms with Crippen molar-refractivity contribution in [2.24, 2.45) is 17.4 Å². The molecule has 0 unspecified atom stereocenters. The van der Waals surface area contributed by atoms with Gasteiger partial charge in [-0.15, -0.1) is 0 Å². The maximum Gasteiger partial charge on any atom is 0.337 e. The second kappa shape index (κ2) is 26.2. The second-order valence-corrected chi connectivity index (χ2v) is 17.3. The number of nitrogens with one attached hydrogen (secondary N) is 6. The molecule has 0 aromatic rings. The number of carbonyl (C=O) groups is 9. The van der Waals surface area contributed by atoms with Crippen LogP contribution in [0.3, 0.4) is 0 Å². The molecule has 2 rings (SSSR count). The highest BCUT2D eigenvalue weighted by molar-refractivity contribution is 8.76. The molecule has 0 aromatic heterocycles. The molecule has 0 aliphatic carbocycles. The molecule has 20 nitrogen and oxygen atoms in total. The summed E-state index contributed by atoms with van der Waals surface area (Å²) in [6.45, 7) is 4.61. The number of carbonyl (C=O) groups excluding carboxylic acids is 9. The minimum absolute atomic E-state index is 0.0164. The topological polar surface area (TPSA) is 328 Å². The van der Waals surface area contributed by atoms with Crippen molar-refractivity contribution in [2.75, 3.05) is 18.1 Å². The van der Waals surface area contributed by atoms with Gasteiger partial charge in [-0.1, -0.05) is 80.9 Å². The van der Waals surface area contributed by atoms with E-state index in [1.54, 1.807) is 13.8 Å². The molecule has 7 amide bonds. The molecule has 0 spiro atoms. The van der Waals surface area contributed by atoms with Crippen LogP contribution in [0.2, 0.25) is 0 Å². The Hall–Kier alpha value is -3.99. The van der Waals surface area contributed by atoms with Gasteiger partial charge in [0.1, 0.15) is 42.4 Å². The van der Waals surface area contributed by atoms with Crippen molar-refractivity contribution >= 4 is 74.9 Å². The van der Waals surface area contributed by atoms with Crippen LogP contribution in [0.1, 0.15) is 97.8 Å². The van der Waals surface area contributed by atoms with Crippen molar-refractivity contribution < 1.29 is 58.1 Å². The molecule has 8 atom stereocenters. The highest BCUT2D eigenvalue weighted by Gasteiger charge is 2.36. The van der Waals surface area contributed by atoms with Crippen LogP contribution in [0.15, 0.2) is 0 Å². The summed E-state index contributed by atoms with van der Waals surface area (Å²) in [5, 5.41) is 35.3. The fourth-order valence-electron chi connectivity index (χ4n) is 5.92. The molecule has 2 aliphatic heterocycles. The first-order chi connectivity index (χ1) is 27.5. The average Bonchev–Trinajstić information content (AvgIpc) is 3.15. The number of amides is 7. The first-order valence-corrected chi connectivity index (χ1v) is 22.1. The first-order valence-electron chi connectivity index (χ1n) is 19.6. The quantitative estimate of drug-likeness (QED) is 0.0410. The van der Waals surface area contributed by atoms with Crippen molar-refractivity contribution in [3.63, 3.8) is 0 Å². The normalized spacial score (nSPS) is 27.3. The molecule has 58 heavy (non-hydrogen) atoms. The molecule has 22 heteroatoms. The lowest BCUT2D eigenvalue weighted by Crippen LogP contribution is -2.61. The number of aliphatic hydroxyl groups is 2. The Morgan fingerprint density at radius 1 is 0.724 bits per heavy atom. The number of cyclic esters (lactones) is 2. The number of esters is 2. The van der Waals surface area contributed by atoms with Crippen molar-refractivity contribution in [3.05, 3.63) is 0 Å². The summed E-state index contributed by atoms with van der Waals surface area (Å²) in [7, 11) is 2.36. The molecule has 2 fully saturated rings. The largest absolute Gasteiger partial charge is 0.394 e. The van der Waals surface area contributed by atoms with Crippen LogP contribution in [-0.4, -0.2) is 130 Å². The van der Waals surface area contributed by atoms with Crippen LogP contribution in [0.5, 0.6) is 0 Å². The lowest BCUT2D eigenvalue weighted by Gasteiger charge is -2.28. The van der Waals surface area contributed by atoms with E-state index in [4.69, 9.17) is 16.2 Å². The van der Waals surface area contributed by atoms with Gasteiger partial charge < -0.3 is 58.3 Å². The number of nitrogens with two attached hydrogens (primary N) is 2. The Bertz CT molecular complexity index is 1460. The van der Waals surface area contributed by atoms with Gasteiger partial charge >= 0.3 is 11.9 Å². The first kappa shape index (κ1) is 50.2. The Labute approximate surface area is 345 Å². The van der Waals surface area contributed by atoms with Gasteiger partial charge in [-0.3, -0.25) is 38.4 Å². The molecule has 0 radical (unpaired) electrons. The number of aliphatic hydroxyl groups excluding tert-OH is 2. The van der Waals surface area contributed by atoms with Crippen LogP contribution < -0.4 is 43.4 Å². The summed E-state index contributed by atoms with van der Waals surface area (Å²) in [5.41, 5.74) is 11.3. The highest BCUT2D eigenvalue weighted by atomic mass is 33.1. The zero-order valence-corrected chi connectivity index (χ0v) is 34.9. The van der Waals surface area contributed by atoms with E-state index in [1.165, 1.54) is 21.6 Å². The zero-order valence-electron chi connectivity index (χ0n) is 33.3. The molecule has 2 aliphatic rings. The Kier molecular flexibility index (Phi) is 22.6. The van der Waals surface area contributed by atoms with E-state index >= 15 is 0 Å². The third-order valence-electron chi connectivity index (χ3n) is 9.29. The van der Waals surface area contributed by atoms with Gasteiger partial charge in [0.2, 0.25) is 41.4 Å². The van der Waals surface area contributed by atoms with Gasteiger partial charge in [-0.05, 0) is 31.6 Å². The van der Waals surface area contributed by atoms with E-state index in [0.717, 1.165) is 25.7 Å². The van der Waals surface area contributed by atoms with Gasteiger partial charge in [0, 0.05) is 24.3 Å². The lowest BCUT2D eigenvalue weighted by molar-refractivity contribution is -0.161. The predicted molar refractivity (Wildman–Crippen MR) is 214 cm³/mol. The van der Waals surface area contributed by atoms with E-state index in [1.807, 2.05) is 0 Å². The van der Waals surface area contributed by atoms with Gasteiger partial charge in [-0.2, -0.15) is 0 Å². The third kappa shape index (κ3) is 17.9. The third-order valence-corrected chi connectivity index (χ3v) is 11.7. The van der Waals surface area contributed by atoms with E-state index < -0.39 is 115 Å². The molecule has 2 saturated heterocycles. The number of primary amides is 1. The standard InChI is InChI=1S/C36H60N8O12S2/c1-4-5-6-7-8-9-12-21-31(50)43-25-17-57-58-18-26(44-35(25)54)36(55)56-28(47)13-10-11-20(37)30(49)40-22(14-19(2)3)32(51)42-24(16-45)34(53)41-23(33(52)39-21)15-27(46)29(38)48/h19-27,45-46H,4-18,37H2,1-3H3,(H2,38,48)(H,39,52)(H,40,49)(H,41,53)(H,42,51)(H,43,50)(H,44,54)/t20-,21-,22-,23-,24-,25-,26-,27-/m0/s1. The molecule has 2 bridgehead atoms. The fourth-order valence-corrected chi connectivity index (χ4v) is 8.23. The fraction of sp³-hybridized carbons (Fsp3) is 0.750. The molecule has 2 heterocycles. The number of fused-ring (bicyclic) bond motifs is 3. The van der Waals surface area contributed by atoms with Gasteiger partial charge in [-0.25, -0.2) is 4.79 Å². The van der Waals surface area contributed by atoms with E-state index in [9.17, 15) is 53.4 Å². The molecule has 12 N–H and O–H groups in total. The molecular formula is C36H60N8O12S2. The van der Waals surface area contributed by atoms with Crippen molar-refractivity contribution in [2.45, 2.75) is 146 Å². The molecule has 0 aromatic carbocycles. The summed E-state index contributed by atoms with van der Waals surface area (Å²) in [6, 6.07) is -9.65. The lowest BCUT2D eigenvalue weighted by atomic mass is 10.0. The Balaban J connectivity index is 2.52. The number of rotatable bonds is 13. The van der Waals surface area contributed by atoms with Gasteiger partial charge in [0.05, 0.1) is 12.6 Å². The minimum atomic E-state index is -1.95. The van der Waals surface area contributed by atoms with Crippen LogP contribution >= 0.6 is 21.6 Å². The maximum atomic E-state index is 13.8. The van der Waals surface area contributed by atoms with Crippen molar-refractivity contribution in [3.8, 4) is 0 Å². The summed E-state index contributed by atoms with van der Waals surface area (Å²) < 4.78 is 4.98. The maximum absolute atomic E-state index is 13.8.